The van der Waals surface area contributed by atoms with Crippen LogP contribution in [-0.4, -0.2) is 22.9 Å². The van der Waals surface area contributed by atoms with Crippen LogP contribution >= 0.6 is 0 Å². The average Bonchev–Trinajstić information content (AvgIpc) is 3.10. The highest BCUT2D eigenvalue weighted by molar-refractivity contribution is 5.82. The fourth-order valence-electron chi connectivity index (χ4n) is 2.71. The van der Waals surface area contributed by atoms with E-state index in [1.54, 1.807) is 0 Å². The van der Waals surface area contributed by atoms with Crippen LogP contribution in [0.1, 0.15) is 31.5 Å². The van der Waals surface area contributed by atoms with Crippen LogP contribution in [0.3, 0.4) is 0 Å². The van der Waals surface area contributed by atoms with Crippen LogP contribution < -0.4 is 5.32 Å². The van der Waals surface area contributed by atoms with Gasteiger partial charge in [-0.2, -0.15) is 5.10 Å². The summed E-state index contributed by atoms with van der Waals surface area (Å²) < 4.78 is 7.72. The summed E-state index contributed by atoms with van der Waals surface area (Å²) in [4.78, 5) is 0. The van der Waals surface area contributed by atoms with Crippen LogP contribution in [0.25, 0.3) is 10.9 Å². The van der Waals surface area contributed by atoms with Crippen molar-refractivity contribution in [2.45, 2.75) is 25.8 Å². The molecule has 1 aromatic carbocycles. The Morgan fingerprint density at radius 2 is 2.25 bits per heavy atom. The van der Waals surface area contributed by atoms with Gasteiger partial charge in [-0.15, -0.1) is 0 Å². The molecule has 0 saturated heterocycles. The van der Waals surface area contributed by atoms with Gasteiger partial charge in [0.25, 0.3) is 0 Å². The van der Waals surface area contributed by atoms with Crippen molar-refractivity contribution < 1.29 is 4.74 Å². The van der Waals surface area contributed by atoms with Crippen molar-refractivity contribution in [2.75, 3.05) is 13.2 Å². The highest BCUT2D eigenvalue weighted by Crippen LogP contribution is 2.30. The normalized spacial score (nSPS) is 16.2. The molecule has 4 nitrogen and oxygen atoms in total. The lowest BCUT2D eigenvalue weighted by Gasteiger charge is -2.18. The van der Waals surface area contributed by atoms with Gasteiger partial charge >= 0.3 is 0 Å². The second-order valence-corrected chi connectivity index (χ2v) is 5.16. The lowest BCUT2D eigenvalue weighted by atomic mass is 10.1. The first-order chi connectivity index (χ1) is 9.81. The SMILES string of the molecule is CCCNC(C1=CCCO1)c1nn(C)c2ccccc12. The molecule has 1 unspecified atom stereocenters. The van der Waals surface area contributed by atoms with E-state index in [-0.39, 0.29) is 6.04 Å². The number of hydrogen-bond acceptors (Lipinski definition) is 3. The predicted octanol–water partition coefficient (Wildman–Crippen LogP) is 2.92. The van der Waals surface area contributed by atoms with Gasteiger partial charge < -0.3 is 10.1 Å². The largest absolute Gasteiger partial charge is 0.496 e. The van der Waals surface area contributed by atoms with E-state index in [9.17, 15) is 0 Å². The standard InChI is InChI=1S/C16H21N3O/c1-3-10-17-16(14-9-6-11-20-14)15-12-7-4-5-8-13(12)19(2)18-15/h4-5,7-9,16-17H,3,6,10-11H2,1-2H3. The number of nitrogens with one attached hydrogen (secondary N) is 1. The highest BCUT2D eigenvalue weighted by atomic mass is 16.5. The molecule has 1 atom stereocenters. The van der Waals surface area contributed by atoms with Crippen molar-refractivity contribution in [1.29, 1.82) is 0 Å². The summed E-state index contributed by atoms with van der Waals surface area (Å²) in [5, 5.41) is 9.48. The molecule has 106 valence electrons. The quantitative estimate of drug-likeness (QED) is 0.908. The second kappa shape index (κ2) is 5.67. The molecule has 0 amide bonds. The number of nitrogens with zero attached hydrogens (tertiary/aromatic N) is 2. The van der Waals surface area contributed by atoms with Crippen LogP contribution in [0.5, 0.6) is 0 Å². The summed E-state index contributed by atoms with van der Waals surface area (Å²) in [7, 11) is 1.99. The van der Waals surface area contributed by atoms with E-state index in [1.165, 1.54) is 5.39 Å². The highest BCUT2D eigenvalue weighted by Gasteiger charge is 2.25. The second-order valence-electron chi connectivity index (χ2n) is 5.16. The first kappa shape index (κ1) is 13.2. The van der Waals surface area contributed by atoms with E-state index >= 15 is 0 Å². The minimum atomic E-state index is 0.0588. The first-order valence-electron chi connectivity index (χ1n) is 7.29. The van der Waals surface area contributed by atoms with E-state index < -0.39 is 0 Å². The number of fused-ring (bicyclic) bond motifs is 1. The molecule has 2 aromatic rings. The maximum absolute atomic E-state index is 5.77. The molecule has 20 heavy (non-hydrogen) atoms. The van der Waals surface area contributed by atoms with Gasteiger partial charge in [-0.3, -0.25) is 4.68 Å². The summed E-state index contributed by atoms with van der Waals surface area (Å²) in [5.74, 6) is 1.02. The summed E-state index contributed by atoms with van der Waals surface area (Å²) in [6, 6.07) is 8.41. The summed E-state index contributed by atoms with van der Waals surface area (Å²) >= 11 is 0. The van der Waals surface area contributed by atoms with E-state index in [2.05, 4.69) is 36.5 Å². The van der Waals surface area contributed by atoms with E-state index in [0.717, 1.165) is 43.0 Å². The molecule has 1 aliphatic rings. The monoisotopic (exact) mass is 271 g/mol. The Hall–Kier alpha value is -1.81. The fraction of sp³-hybridized carbons (Fsp3) is 0.438. The zero-order valence-corrected chi connectivity index (χ0v) is 12.1. The van der Waals surface area contributed by atoms with Gasteiger partial charge in [-0.1, -0.05) is 25.1 Å². The summed E-state index contributed by atoms with van der Waals surface area (Å²) in [5.41, 5.74) is 2.22. The van der Waals surface area contributed by atoms with Crippen LogP contribution in [0.15, 0.2) is 36.1 Å². The Labute approximate surface area is 119 Å². The maximum atomic E-state index is 5.77. The molecule has 1 N–H and O–H groups in total. The molecule has 2 heterocycles. The number of aromatic nitrogens is 2. The van der Waals surface area contributed by atoms with Gasteiger partial charge in [-0.25, -0.2) is 0 Å². The summed E-state index contributed by atoms with van der Waals surface area (Å²) in [6.07, 6.45) is 4.26. The van der Waals surface area contributed by atoms with Gasteiger partial charge in [0.05, 0.1) is 17.8 Å². The fourth-order valence-corrected chi connectivity index (χ4v) is 2.71. The Morgan fingerprint density at radius 3 is 3.00 bits per heavy atom. The zero-order chi connectivity index (χ0) is 13.9. The minimum Gasteiger partial charge on any atom is -0.496 e. The third-order valence-corrected chi connectivity index (χ3v) is 3.67. The number of benzene rings is 1. The molecule has 0 bridgehead atoms. The molecule has 1 aliphatic heterocycles. The van der Waals surface area contributed by atoms with E-state index in [0.29, 0.717) is 0 Å². The first-order valence-corrected chi connectivity index (χ1v) is 7.29. The molecule has 1 aromatic heterocycles. The maximum Gasteiger partial charge on any atom is 0.115 e. The van der Waals surface area contributed by atoms with Crippen molar-refractivity contribution in [1.82, 2.24) is 15.1 Å². The van der Waals surface area contributed by atoms with Crippen LogP contribution in [-0.2, 0) is 11.8 Å². The predicted molar refractivity (Wildman–Crippen MR) is 80.4 cm³/mol. The minimum absolute atomic E-state index is 0.0588. The average molecular weight is 271 g/mol. The number of hydrogen-bond donors (Lipinski definition) is 1. The molecular weight excluding hydrogens is 250 g/mol. The molecule has 0 radical (unpaired) electrons. The number of para-hydroxylation sites is 1. The van der Waals surface area contributed by atoms with E-state index in [1.807, 2.05) is 17.8 Å². The van der Waals surface area contributed by atoms with Gasteiger partial charge in [0, 0.05) is 18.9 Å². The Kier molecular flexibility index (Phi) is 3.74. The molecular formula is C16H21N3O. The van der Waals surface area contributed by atoms with Crippen LogP contribution in [0.4, 0.5) is 0 Å². The molecule has 0 aliphatic carbocycles. The van der Waals surface area contributed by atoms with E-state index in [4.69, 9.17) is 9.84 Å². The van der Waals surface area contributed by atoms with Gasteiger partial charge in [0.1, 0.15) is 11.8 Å². The lowest BCUT2D eigenvalue weighted by molar-refractivity contribution is 0.214. The molecule has 3 rings (SSSR count). The zero-order valence-electron chi connectivity index (χ0n) is 12.1. The van der Waals surface area contributed by atoms with Crippen LogP contribution in [0, 0.1) is 0 Å². The number of ether oxygens (including phenoxy) is 1. The third kappa shape index (κ3) is 2.31. The van der Waals surface area contributed by atoms with Gasteiger partial charge in [-0.05, 0) is 25.1 Å². The van der Waals surface area contributed by atoms with Crippen molar-refractivity contribution in [2.24, 2.45) is 7.05 Å². The lowest BCUT2D eigenvalue weighted by Crippen LogP contribution is -2.25. The van der Waals surface area contributed by atoms with Crippen LogP contribution in [0.2, 0.25) is 0 Å². The van der Waals surface area contributed by atoms with Crippen molar-refractivity contribution >= 4 is 10.9 Å². The van der Waals surface area contributed by atoms with Gasteiger partial charge in [0.2, 0.25) is 0 Å². The molecule has 0 saturated carbocycles. The molecule has 0 fully saturated rings. The Morgan fingerprint density at radius 1 is 1.40 bits per heavy atom. The Bertz CT molecular complexity index is 630. The number of rotatable bonds is 5. The molecule has 4 heteroatoms. The third-order valence-electron chi connectivity index (χ3n) is 3.67. The Balaban J connectivity index is 2.04. The molecule has 0 spiro atoms. The van der Waals surface area contributed by atoms with Crippen molar-refractivity contribution in [3.8, 4) is 0 Å². The van der Waals surface area contributed by atoms with Crippen molar-refractivity contribution in [3.63, 3.8) is 0 Å². The number of aryl methyl sites for hydroxylation is 1. The van der Waals surface area contributed by atoms with Gasteiger partial charge in [0.15, 0.2) is 0 Å². The summed E-state index contributed by atoms with van der Waals surface area (Å²) in [6.45, 7) is 3.91. The van der Waals surface area contributed by atoms with Crippen molar-refractivity contribution in [3.05, 3.63) is 41.8 Å². The topological polar surface area (TPSA) is 39.1 Å². The smallest absolute Gasteiger partial charge is 0.115 e.